The Morgan fingerprint density at radius 1 is 1.32 bits per heavy atom. The molecule has 1 amide bonds. The van der Waals surface area contributed by atoms with Gasteiger partial charge in [0.1, 0.15) is 0 Å². The van der Waals surface area contributed by atoms with E-state index in [0.717, 1.165) is 13.0 Å². The highest BCUT2D eigenvalue weighted by Gasteiger charge is 2.34. The molecule has 1 aliphatic heterocycles. The minimum Gasteiger partial charge on any atom is -0.392 e. The molecule has 3 unspecified atom stereocenters. The minimum absolute atomic E-state index is 0.0718. The van der Waals surface area contributed by atoms with Crippen LogP contribution in [0.4, 0.5) is 0 Å². The summed E-state index contributed by atoms with van der Waals surface area (Å²) in [6.07, 6.45) is 3.04. The zero-order valence-corrected chi connectivity index (χ0v) is 13.2. The van der Waals surface area contributed by atoms with Gasteiger partial charge in [-0.1, -0.05) is 37.3 Å². The second kappa shape index (κ2) is 6.80. The molecule has 0 aromatic heterocycles. The highest BCUT2D eigenvalue weighted by molar-refractivity contribution is 5.78. The number of piperidine rings is 1. The van der Waals surface area contributed by atoms with Crippen molar-refractivity contribution in [1.82, 2.24) is 10.2 Å². The Labute approximate surface area is 132 Å². The molecule has 0 spiro atoms. The van der Waals surface area contributed by atoms with Crippen molar-refractivity contribution in [2.75, 3.05) is 19.6 Å². The Morgan fingerprint density at radius 3 is 2.68 bits per heavy atom. The molecule has 4 nitrogen and oxygen atoms in total. The molecule has 0 bridgehead atoms. The predicted octanol–water partition coefficient (Wildman–Crippen LogP) is 1.96. The highest BCUT2D eigenvalue weighted by atomic mass is 16.3. The zero-order valence-electron chi connectivity index (χ0n) is 13.2. The molecular formula is C18H26N2O2. The Bertz CT molecular complexity index is 501. The van der Waals surface area contributed by atoms with Crippen molar-refractivity contribution >= 4 is 5.91 Å². The lowest BCUT2D eigenvalue weighted by Gasteiger charge is -2.34. The van der Waals surface area contributed by atoms with Crippen LogP contribution in [0.25, 0.3) is 0 Å². The summed E-state index contributed by atoms with van der Waals surface area (Å²) in [5.41, 5.74) is 1.20. The molecule has 0 radical (unpaired) electrons. The quantitative estimate of drug-likeness (QED) is 0.874. The van der Waals surface area contributed by atoms with Gasteiger partial charge in [0.2, 0.25) is 5.91 Å². The first-order valence-corrected chi connectivity index (χ1v) is 8.38. The van der Waals surface area contributed by atoms with E-state index in [4.69, 9.17) is 0 Å². The van der Waals surface area contributed by atoms with Gasteiger partial charge in [-0.15, -0.1) is 0 Å². The standard InChI is InChI=1S/C18H26N2O2/c1-13-9-10-20(11-16(13)21)12-17(22)19-18(15-7-8-15)14-5-3-2-4-6-14/h2-6,13,15-16,18,21H,7-12H2,1H3,(H,19,22). The van der Waals surface area contributed by atoms with E-state index in [9.17, 15) is 9.90 Å². The summed E-state index contributed by atoms with van der Waals surface area (Å²) >= 11 is 0. The average molecular weight is 302 g/mol. The van der Waals surface area contributed by atoms with Crippen molar-refractivity contribution in [3.8, 4) is 0 Å². The minimum atomic E-state index is -0.310. The molecule has 1 saturated heterocycles. The third-order valence-electron chi connectivity index (χ3n) is 4.94. The summed E-state index contributed by atoms with van der Waals surface area (Å²) in [6.45, 7) is 3.96. The third-order valence-corrected chi connectivity index (χ3v) is 4.94. The lowest BCUT2D eigenvalue weighted by Crippen LogP contribution is -2.47. The maximum atomic E-state index is 12.4. The first-order valence-electron chi connectivity index (χ1n) is 8.38. The molecule has 2 aliphatic rings. The smallest absolute Gasteiger partial charge is 0.234 e. The Morgan fingerprint density at radius 2 is 2.05 bits per heavy atom. The van der Waals surface area contributed by atoms with E-state index in [1.165, 1.54) is 18.4 Å². The molecule has 3 rings (SSSR count). The molecule has 3 atom stereocenters. The second-order valence-corrected chi connectivity index (χ2v) is 6.86. The van der Waals surface area contributed by atoms with Gasteiger partial charge in [0.25, 0.3) is 0 Å². The van der Waals surface area contributed by atoms with Crippen LogP contribution in [0.1, 0.15) is 37.8 Å². The normalized spacial score (nSPS) is 27.4. The van der Waals surface area contributed by atoms with Gasteiger partial charge in [-0.05, 0) is 43.2 Å². The molecule has 1 heterocycles. The number of hydrogen-bond acceptors (Lipinski definition) is 3. The topological polar surface area (TPSA) is 52.6 Å². The first kappa shape index (κ1) is 15.5. The van der Waals surface area contributed by atoms with Crippen molar-refractivity contribution in [3.63, 3.8) is 0 Å². The van der Waals surface area contributed by atoms with E-state index < -0.39 is 0 Å². The van der Waals surface area contributed by atoms with Crippen LogP contribution in [0, 0.1) is 11.8 Å². The molecule has 22 heavy (non-hydrogen) atoms. The second-order valence-electron chi connectivity index (χ2n) is 6.86. The number of aliphatic hydroxyl groups excluding tert-OH is 1. The number of rotatable bonds is 5. The number of likely N-dealkylation sites (tertiary alicyclic amines) is 1. The van der Waals surface area contributed by atoms with E-state index >= 15 is 0 Å². The average Bonchev–Trinajstić information content (AvgIpc) is 3.34. The Hall–Kier alpha value is -1.39. The summed E-state index contributed by atoms with van der Waals surface area (Å²) in [5.74, 6) is 0.990. The van der Waals surface area contributed by atoms with Gasteiger partial charge in [0.05, 0.1) is 18.7 Å². The molecule has 1 aromatic rings. The van der Waals surface area contributed by atoms with Crippen LogP contribution in [0.5, 0.6) is 0 Å². The fourth-order valence-electron chi connectivity index (χ4n) is 3.24. The zero-order chi connectivity index (χ0) is 15.5. The fourth-order valence-corrected chi connectivity index (χ4v) is 3.24. The van der Waals surface area contributed by atoms with Crippen molar-refractivity contribution in [2.45, 2.75) is 38.3 Å². The predicted molar refractivity (Wildman–Crippen MR) is 86.3 cm³/mol. The van der Waals surface area contributed by atoms with Gasteiger partial charge in [-0.2, -0.15) is 0 Å². The monoisotopic (exact) mass is 302 g/mol. The lowest BCUT2D eigenvalue weighted by molar-refractivity contribution is -0.124. The lowest BCUT2D eigenvalue weighted by atomic mass is 9.96. The van der Waals surface area contributed by atoms with Crippen LogP contribution in [0.2, 0.25) is 0 Å². The van der Waals surface area contributed by atoms with Crippen molar-refractivity contribution in [2.24, 2.45) is 11.8 Å². The third kappa shape index (κ3) is 3.87. The van der Waals surface area contributed by atoms with E-state index in [-0.39, 0.29) is 18.1 Å². The number of amides is 1. The van der Waals surface area contributed by atoms with Crippen LogP contribution in [-0.4, -0.2) is 41.7 Å². The fraction of sp³-hybridized carbons (Fsp3) is 0.611. The molecular weight excluding hydrogens is 276 g/mol. The van der Waals surface area contributed by atoms with Gasteiger partial charge in [-0.3, -0.25) is 9.69 Å². The van der Waals surface area contributed by atoms with E-state index in [1.54, 1.807) is 0 Å². The van der Waals surface area contributed by atoms with E-state index in [0.29, 0.717) is 24.9 Å². The van der Waals surface area contributed by atoms with Gasteiger partial charge in [0, 0.05) is 6.54 Å². The molecule has 2 fully saturated rings. The number of β-amino-alcohol motifs (C(OH)–C–C–N with tert-alkyl or cyclic N) is 1. The maximum Gasteiger partial charge on any atom is 0.234 e. The van der Waals surface area contributed by atoms with Crippen LogP contribution in [0.15, 0.2) is 30.3 Å². The molecule has 4 heteroatoms. The molecule has 1 aromatic carbocycles. The maximum absolute atomic E-state index is 12.4. The summed E-state index contributed by atoms with van der Waals surface area (Å²) in [5, 5.41) is 13.2. The van der Waals surface area contributed by atoms with Crippen molar-refractivity contribution in [3.05, 3.63) is 35.9 Å². The first-order chi connectivity index (χ1) is 10.6. The number of carbonyl (C=O) groups is 1. The van der Waals surface area contributed by atoms with Gasteiger partial charge >= 0.3 is 0 Å². The van der Waals surface area contributed by atoms with Gasteiger partial charge in [-0.25, -0.2) is 0 Å². The number of benzene rings is 1. The molecule has 1 saturated carbocycles. The van der Waals surface area contributed by atoms with Crippen molar-refractivity contribution < 1.29 is 9.90 Å². The van der Waals surface area contributed by atoms with Crippen LogP contribution >= 0.6 is 0 Å². The number of nitrogens with zero attached hydrogens (tertiary/aromatic N) is 1. The van der Waals surface area contributed by atoms with Crippen molar-refractivity contribution in [1.29, 1.82) is 0 Å². The summed E-state index contributed by atoms with van der Waals surface area (Å²) in [7, 11) is 0. The summed E-state index contributed by atoms with van der Waals surface area (Å²) in [4.78, 5) is 14.4. The SMILES string of the molecule is CC1CCN(CC(=O)NC(c2ccccc2)C2CC2)CC1O. The molecule has 120 valence electrons. The molecule has 1 aliphatic carbocycles. The highest BCUT2D eigenvalue weighted by Crippen LogP contribution is 2.40. The van der Waals surface area contributed by atoms with Crippen LogP contribution < -0.4 is 5.32 Å². The molecule has 2 N–H and O–H groups in total. The number of carbonyl (C=O) groups excluding carboxylic acids is 1. The Balaban J connectivity index is 1.56. The number of hydrogen-bond donors (Lipinski definition) is 2. The summed E-state index contributed by atoms with van der Waals surface area (Å²) in [6, 6.07) is 10.4. The summed E-state index contributed by atoms with van der Waals surface area (Å²) < 4.78 is 0. The largest absolute Gasteiger partial charge is 0.392 e. The number of nitrogens with one attached hydrogen (secondary N) is 1. The van der Waals surface area contributed by atoms with Crippen LogP contribution in [-0.2, 0) is 4.79 Å². The van der Waals surface area contributed by atoms with Gasteiger partial charge < -0.3 is 10.4 Å². The van der Waals surface area contributed by atoms with E-state index in [1.807, 2.05) is 18.2 Å². The van der Waals surface area contributed by atoms with Gasteiger partial charge in [0.15, 0.2) is 0 Å². The van der Waals surface area contributed by atoms with Crippen LogP contribution in [0.3, 0.4) is 0 Å². The number of aliphatic hydroxyl groups is 1. The van der Waals surface area contributed by atoms with E-state index in [2.05, 4.69) is 29.3 Å². The Kier molecular flexibility index (Phi) is 4.79.